The number of hydrazone groups is 1. The molecule has 7 heteroatoms. The van der Waals surface area contributed by atoms with Gasteiger partial charge in [0.2, 0.25) is 5.91 Å². The largest absolute Gasteiger partial charge is 0.431 e. The smallest absolute Gasteiger partial charge is 0.308 e. The van der Waals surface area contributed by atoms with E-state index >= 15 is 0 Å². The molecule has 0 spiro atoms. The summed E-state index contributed by atoms with van der Waals surface area (Å²) in [5, 5.41) is 4.14. The summed E-state index contributed by atoms with van der Waals surface area (Å²) in [6, 6.07) is 0. The molecule has 1 rings (SSSR count). The van der Waals surface area contributed by atoms with Crippen LogP contribution in [0.25, 0.3) is 0 Å². The molecule has 0 bridgehead atoms. The Kier molecular flexibility index (Phi) is 3.33. The Bertz CT molecular complexity index is 285. The third-order valence-corrected chi connectivity index (χ3v) is 1.93. The highest BCUT2D eigenvalue weighted by Gasteiger charge is 2.42. The lowest BCUT2D eigenvalue weighted by atomic mass is 10.3. The minimum atomic E-state index is -4.50. The molecule has 1 aliphatic heterocycles. The third-order valence-electron chi connectivity index (χ3n) is 1.93. The number of halogens is 3. The van der Waals surface area contributed by atoms with Crippen LogP contribution < -0.4 is 0 Å². The van der Waals surface area contributed by atoms with Gasteiger partial charge in [0.15, 0.2) is 5.71 Å². The lowest BCUT2D eigenvalue weighted by Crippen LogP contribution is -2.29. The third kappa shape index (κ3) is 3.19. The number of hydrogen-bond acceptors (Lipinski definition) is 3. The molecule has 0 aromatic heterocycles. The molecular formula is C8H12F3N3O. The lowest BCUT2D eigenvalue weighted by Gasteiger charge is -2.15. The molecule has 1 aliphatic rings. The summed E-state index contributed by atoms with van der Waals surface area (Å²) in [5.41, 5.74) is -1.01. The Morgan fingerprint density at radius 3 is 2.47 bits per heavy atom. The zero-order chi connectivity index (χ0) is 11.6. The van der Waals surface area contributed by atoms with E-state index in [0.29, 0.717) is 6.54 Å². The molecule has 0 saturated heterocycles. The predicted molar refractivity (Wildman–Crippen MR) is 48.4 cm³/mol. The first-order chi connectivity index (χ1) is 6.80. The molecule has 0 radical (unpaired) electrons. The van der Waals surface area contributed by atoms with Gasteiger partial charge in [-0.15, -0.1) is 0 Å². The lowest BCUT2D eigenvalue weighted by molar-refractivity contribution is -0.128. The Hall–Kier alpha value is -1.11. The van der Waals surface area contributed by atoms with Gasteiger partial charge in [-0.3, -0.25) is 4.79 Å². The van der Waals surface area contributed by atoms with Crippen molar-refractivity contribution in [2.45, 2.75) is 12.6 Å². The van der Waals surface area contributed by atoms with Crippen molar-refractivity contribution in [2.24, 2.45) is 5.10 Å². The van der Waals surface area contributed by atoms with Gasteiger partial charge in [0.25, 0.3) is 0 Å². The molecule has 0 aromatic rings. The van der Waals surface area contributed by atoms with E-state index in [1.165, 1.54) is 0 Å². The average molecular weight is 223 g/mol. The predicted octanol–water partition coefficient (Wildman–Crippen LogP) is 0.699. The monoisotopic (exact) mass is 223 g/mol. The molecule has 0 aliphatic carbocycles. The summed E-state index contributed by atoms with van der Waals surface area (Å²) in [4.78, 5) is 12.9. The Morgan fingerprint density at radius 2 is 2.07 bits per heavy atom. The van der Waals surface area contributed by atoms with Crippen LogP contribution in [0.4, 0.5) is 13.2 Å². The summed E-state index contributed by atoms with van der Waals surface area (Å²) < 4.78 is 36.6. The quantitative estimate of drug-likeness (QED) is 0.706. The summed E-state index contributed by atoms with van der Waals surface area (Å²) in [5.74, 6) is -0.593. The second-order valence-corrected chi connectivity index (χ2v) is 3.54. The molecule has 4 nitrogen and oxygen atoms in total. The van der Waals surface area contributed by atoms with Gasteiger partial charge in [-0.2, -0.15) is 18.3 Å². The maximum Gasteiger partial charge on any atom is 0.431 e. The van der Waals surface area contributed by atoms with Crippen molar-refractivity contribution in [1.29, 1.82) is 0 Å². The molecule has 15 heavy (non-hydrogen) atoms. The maximum atomic E-state index is 12.2. The molecule has 0 N–H and O–H groups in total. The van der Waals surface area contributed by atoms with Gasteiger partial charge < -0.3 is 4.90 Å². The average Bonchev–Trinajstić information content (AvgIpc) is 2.42. The number of carbonyl (C=O) groups is 1. The van der Waals surface area contributed by atoms with Gasteiger partial charge in [0, 0.05) is 6.54 Å². The number of carbonyl (C=O) groups excluding carboxylic acids is 1. The van der Waals surface area contributed by atoms with Gasteiger partial charge >= 0.3 is 6.18 Å². The fraction of sp³-hybridized carbons (Fsp3) is 0.750. The van der Waals surface area contributed by atoms with Gasteiger partial charge in [-0.25, -0.2) is 5.01 Å². The van der Waals surface area contributed by atoms with Crippen LogP contribution in [0.2, 0.25) is 0 Å². The molecule has 0 aromatic carbocycles. The van der Waals surface area contributed by atoms with Gasteiger partial charge in [-0.05, 0) is 14.1 Å². The molecule has 86 valence electrons. The zero-order valence-electron chi connectivity index (χ0n) is 8.51. The van der Waals surface area contributed by atoms with Crippen molar-refractivity contribution in [3.05, 3.63) is 0 Å². The molecule has 0 atom stereocenters. The van der Waals surface area contributed by atoms with E-state index in [4.69, 9.17) is 0 Å². The summed E-state index contributed by atoms with van der Waals surface area (Å²) in [6.45, 7) is 0.672. The van der Waals surface area contributed by atoms with Crippen LogP contribution in [0, 0.1) is 0 Å². The van der Waals surface area contributed by atoms with Gasteiger partial charge in [0.1, 0.15) is 0 Å². The van der Waals surface area contributed by atoms with E-state index in [1.54, 1.807) is 19.0 Å². The second-order valence-electron chi connectivity index (χ2n) is 3.54. The minimum Gasteiger partial charge on any atom is -0.308 e. The Morgan fingerprint density at radius 1 is 1.47 bits per heavy atom. The molecule has 0 fully saturated rings. The number of amides is 1. The van der Waals surface area contributed by atoms with Gasteiger partial charge in [-0.1, -0.05) is 0 Å². The Labute approximate surface area is 85.3 Å². The Balaban J connectivity index is 2.60. The normalized spacial score (nSPS) is 17.6. The molecular weight excluding hydrogens is 211 g/mol. The van der Waals surface area contributed by atoms with E-state index in [9.17, 15) is 18.0 Å². The van der Waals surface area contributed by atoms with Crippen LogP contribution in [0.15, 0.2) is 5.10 Å². The zero-order valence-corrected chi connectivity index (χ0v) is 8.51. The number of hydrogen-bond donors (Lipinski definition) is 0. The van der Waals surface area contributed by atoms with E-state index in [0.717, 1.165) is 5.01 Å². The van der Waals surface area contributed by atoms with Crippen molar-refractivity contribution < 1.29 is 18.0 Å². The standard InChI is InChI=1S/C8H12F3N3O/c1-13(2)3-4-14-7(15)5-6(12-14)8(9,10)11/h3-5H2,1-2H3. The van der Waals surface area contributed by atoms with E-state index in [1.807, 2.05) is 0 Å². The van der Waals surface area contributed by atoms with E-state index in [2.05, 4.69) is 5.10 Å². The highest BCUT2D eigenvalue weighted by Crippen LogP contribution is 2.24. The van der Waals surface area contributed by atoms with Crippen molar-refractivity contribution in [2.75, 3.05) is 27.2 Å². The summed E-state index contributed by atoms with van der Waals surface area (Å²) >= 11 is 0. The van der Waals surface area contributed by atoms with Crippen LogP contribution in [0.1, 0.15) is 6.42 Å². The minimum absolute atomic E-state index is 0.186. The summed E-state index contributed by atoms with van der Waals surface area (Å²) in [7, 11) is 3.55. The van der Waals surface area contributed by atoms with Crippen molar-refractivity contribution in [3.63, 3.8) is 0 Å². The molecule has 1 heterocycles. The maximum absolute atomic E-state index is 12.2. The van der Waals surface area contributed by atoms with E-state index in [-0.39, 0.29) is 6.54 Å². The fourth-order valence-electron chi connectivity index (χ4n) is 1.10. The second kappa shape index (κ2) is 4.18. The van der Waals surface area contributed by atoms with Crippen molar-refractivity contribution in [3.8, 4) is 0 Å². The first-order valence-electron chi connectivity index (χ1n) is 4.40. The molecule has 0 unspecified atom stereocenters. The van der Waals surface area contributed by atoms with Crippen molar-refractivity contribution in [1.82, 2.24) is 9.91 Å². The highest BCUT2D eigenvalue weighted by molar-refractivity contribution is 6.07. The van der Waals surface area contributed by atoms with Gasteiger partial charge in [0.05, 0.1) is 13.0 Å². The first kappa shape index (κ1) is 12.0. The number of alkyl halides is 3. The van der Waals surface area contributed by atoms with Crippen LogP contribution in [0.3, 0.4) is 0 Å². The van der Waals surface area contributed by atoms with Crippen molar-refractivity contribution >= 4 is 11.6 Å². The molecule has 1 amide bonds. The highest BCUT2D eigenvalue weighted by atomic mass is 19.4. The van der Waals surface area contributed by atoms with Crippen LogP contribution in [-0.2, 0) is 4.79 Å². The molecule has 0 saturated carbocycles. The van der Waals surface area contributed by atoms with Crippen LogP contribution in [-0.4, -0.2) is 54.9 Å². The first-order valence-corrected chi connectivity index (χ1v) is 4.40. The van der Waals surface area contributed by atoms with Crippen LogP contribution >= 0.6 is 0 Å². The summed E-state index contributed by atoms with van der Waals surface area (Å²) in [6.07, 6.45) is -5.14. The fourth-order valence-corrected chi connectivity index (χ4v) is 1.10. The topological polar surface area (TPSA) is 35.9 Å². The van der Waals surface area contributed by atoms with Crippen LogP contribution in [0.5, 0.6) is 0 Å². The van der Waals surface area contributed by atoms with E-state index < -0.39 is 24.2 Å². The SMILES string of the molecule is CN(C)CCN1N=C(C(F)(F)F)CC1=O. The number of nitrogens with zero attached hydrogens (tertiary/aromatic N) is 3. The number of rotatable bonds is 3. The number of likely N-dealkylation sites (N-methyl/N-ethyl adjacent to an activating group) is 1.